The first-order valence-electron chi connectivity index (χ1n) is 8.46. The highest BCUT2D eigenvalue weighted by atomic mass is 32.2. The van der Waals surface area contributed by atoms with Gasteiger partial charge in [-0.2, -0.15) is 0 Å². The molecule has 11 heteroatoms. The fraction of sp³-hybridized carbons (Fsp3) is 0.111. The van der Waals surface area contributed by atoms with Crippen molar-refractivity contribution in [3.8, 4) is 0 Å². The van der Waals surface area contributed by atoms with Crippen molar-refractivity contribution >= 4 is 55.4 Å². The predicted molar refractivity (Wildman–Crippen MR) is 111 cm³/mol. The number of carbonyl (C=O) groups excluding carboxylic acids is 1. The first-order valence-corrected chi connectivity index (χ1v) is 11.0. The van der Waals surface area contributed by atoms with Crippen LogP contribution >= 0.6 is 11.8 Å². The van der Waals surface area contributed by atoms with Crippen LogP contribution < -0.4 is 10.5 Å². The van der Waals surface area contributed by atoms with Gasteiger partial charge in [-0.15, -0.1) is 10.2 Å². The number of anilines is 1. The van der Waals surface area contributed by atoms with Crippen molar-refractivity contribution in [1.29, 1.82) is 0 Å². The number of amides is 1. The lowest BCUT2D eigenvalue weighted by Gasteiger charge is -2.05. The zero-order valence-electron chi connectivity index (χ0n) is 15.2. The molecule has 0 unspecified atom stereocenters. The molecule has 3 N–H and O–H groups in total. The van der Waals surface area contributed by atoms with Crippen LogP contribution in [0.1, 0.15) is 0 Å². The van der Waals surface area contributed by atoms with Crippen molar-refractivity contribution in [2.75, 3.05) is 11.1 Å². The second-order valence-corrected chi connectivity index (χ2v) is 8.75. The monoisotopic (exact) mass is 428 g/mol. The van der Waals surface area contributed by atoms with Crippen LogP contribution in [-0.4, -0.2) is 39.8 Å². The number of primary sulfonamides is 1. The largest absolute Gasteiger partial charge is 0.327 e. The quantitative estimate of drug-likeness (QED) is 0.464. The summed E-state index contributed by atoms with van der Waals surface area (Å²) in [5, 5.41) is 17.5. The molecule has 0 radical (unpaired) electrons. The molecule has 148 valence electrons. The van der Waals surface area contributed by atoms with Crippen molar-refractivity contribution in [2.45, 2.75) is 10.1 Å². The fourth-order valence-corrected chi connectivity index (χ4v) is 4.01. The molecule has 4 rings (SSSR count). The van der Waals surface area contributed by atoms with Crippen LogP contribution in [0.5, 0.6) is 0 Å². The Bertz CT molecular complexity index is 1330. The average molecular weight is 428 g/mol. The molecule has 0 aliphatic carbocycles. The van der Waals surface area contributed by atoms with Crippen molar-refractivity contribution in [3.05, 3.63) is 48.5 Å². The lowest BCUT2D eigenvalue weighted by atomic mass is 10.2. The maximum atomic E-state index is 12.2. The number of para-hydroxylation sites is 1. The van der Waals surface area contributed by atoms with E-state index in [0.29, 0.717) is 22.0 Å². The number of fused-ring (bicyclic) bond motifs is 3. The van der Waals surface area contributed by atoms with Crippen LogP contribution in [0, 0.1) is 0 Å². The minimum Gasteiger partial charge on any atom is -0.327 e. The van der Waals surface area contributed by atoms with Gasteiger partial charge in [0.25, 0.3) is 0 Å². The van der Waals surface area contributed by atoms with E-state index in [-0.39, 0.29) is 16.6 Å². The maximum absolute atomic E-state index is 12.2. The van der Waals surface area contributed by atoms with Crippen LogP contribution in [0.2, 0.25) is 0 Å². The number of sulfonamides is 1. The van der Waals surface area contributed by atoms with Crippen molar-refractivity contribution < 1.29 is 13.2 Å². The smallest absolute Gasteiger partial charge is 0.238 e. The van der Waals surface area contributed by atoms with Crippen molar-refractivity contribution in [1.82, 2.24) is 19.7 Å². The highest BCUT2D eigenvalue weighted by molar-refractivity contribution is 7.99. The van der Waals surface area contributed by atoms with Gasteiger partial charge in [0.05, 0.1) is 16.2 Å². The lowest BCUT2D eigenvalue weighted by molar-refractivity contribution is -0.113. The van der Waals surface area contributed by atoms with Gasteiger partial charge < -0.3 is 9.88 Å². The number of rotatable bonds is 5. The zero-order valence-corrected chi connectivity index (χ0v) is 16.9. The maximum Gasteiger partial charge on any atom is 0.238 e. The molecule has 0 spiro atoms. The highest BCUT2D eigenvalue weighted by Gasteiger charge is 2.14. The number of nitrogens with one attached hydrogen (secondary N) is 1. The van der Waals surface area contributed by atoms with Gasteiger partial charge in [0.2, 0.25) is 21.1 Å². The van der Waals surface area contributed by atoms with E-state index in [1.165, 1.54) is 24.3 Å². The molecular weight excluding hydrogens is 412 g/mol. The summed E-state index contributed by atoms with van der Waals surface area (Å²) in [4.78, 5) is 16.7. The summed E-state index contributed by atoms with van der Waals surface area (Å²) in [7, 11) is -1.86. The van der Waals surface area contributed by atoms with Crippen molar-refractivity contribution in [2.24, 2.45) is 12.2 Å². The Labute approximate surface area is 170 Å². The van der Waals surface area contributed by atoms with Crippen LogP contribution in [0.3, 0.4) is 0 Å². The molecule has 4 aromatic rings. The van der Waals surface area contributed by atoms with Crippen LogP contribution in [-0.2, 0) is 21.9 Å². The van der Waals surface area contributed by atoms with E-state index in [2.05, 4.69) is 20.5 Å². The Kier molecular flexibility index (Phi) is 4.94. The first-order chi connectivity index (χ1) is 13.8. The Morgan fingerprint density at radius 2 is 1.86 bits per heavy atom. The molecule has 0 saturated carbocycles. The number of aromatic nitrogens is 4. The Hall–Kier alpha value is -3.02. The molecule has 0 atom stereocenters. The molecule has 0 aliphatic heterocycles. The van der Waals surface area contributed by atoms with E-state index in [1.54, 1.807) is 0 Å². The van der Waals surface area contributed by atoms with Gasteiger partial charge in [-0.25, -0.2) is 18.5 Å². The summed E-state index contributed by atoms with van der Waals surface area (Å²) in [5.41, 5.74) is 2.88. The van der Waals surface area contributed by atoms with Gasteiger partial charge in [-0.3, -0.25) is 4.79 Å². The van der Waals surface area contributed by atoms with Gasteiger partial charge in [0, 0.05) is 18.1 Å². The number of thioether (sulfide) groups is 1. The standard InChI is InChI=1S/C18H16N6O3S2/c1-24-14-5-3-2-4-13(14)16-17(24)21-18(23-22-16)28-10-15(25)20-11-6-8-12(9-7-11)29(19,26)27/h2-9H,10H2,1H3,(H,20,25)(H2,19,26,27). The first kappa shape index (κ1) is 19.3. The van der Waals surface area contributed by atoms with Gasteiger partial charge in [0.1, 0.15) is 5.52 Å². The summed E-state index contributed by atoms with van der Waals surface area (Å²) in [5.74, 6) is -0.201. The van der Waals surface area contributed by atoms with Crippen molar-refractivity contribution in [3.63, 3.8) is 0 Å². The summed E-state index contributed by atoms with van der Waals surface area (Å²) >= 11 is 1.16. The molecular formula is C18H16N6O3S2. The molecule has 2 aromatic heterocycles. The molecule has 2 heterocycles. The van der Waals surface area contributed by atoms with E-state index < -0.39 is 10.0 Å². The molecule has 2 aromatic carbocycles. The third-order valence-electron chi connectivity index (χ3n) is 4.29. The average Bonchev–Trinajstić information content (AvgIpc) is 2.98. The number of benzene rings is 2. The molecule has 9 nitrogen and oxygen atoms in total. The number of nitrogens with zero attached hydrogens (tertiary/aromatic N) is 4. The topological polar surface area (TPSA) is 133 Å². The normalized spacial score (nSPS) is 11.8. The van der Waals surface area contributed by atoms with Gasteiger partial charge in [-0.05, 0) is 30.3 Å². The number of nitrogens with two attached hydrogens (primary N) is 1. The molecule has 0 aliphatic rings. The van der Waals surface area contributed by atoms with E-state index in [4.69, 9.17) is 5.14 Å². The predicted octanol–water partition coefficient (Wildman–Crippen LogP) is 1.89. The number of carbonyl (C=O) groups is 1. The summed E-state index contributed by atoms with van der Waals surface area (Å²) in [6.07, 6.45) is 0. The Morgan fingerprint density at radius 3 is 2.59 bits per heavy atom. The van der Waals surface area contributed by atoms with E-state index in [1.807, 2.05) is 35.9 Å². The zero-order chi connectivity index (χ0) is 20.6. The second kappa shape index (κ2) is 7.43. The van der Waals surface area contributed by atoms with Crippen LogP contribution in [0.4, 0.5) is 5.69 Å². The van der Waals surface area contributed by atoms with Crippen LogP contribution in [0.25, 0.3) is 22.1 Å². The Morgan fingerprint density at radius 1 is 1.14 bits per heavy atom. The van der Waals surface area contributed by atoms with Crippen LogP contribution in [0.15, 0.2) is 58.6 Å². The third-order valence-corrected chi connectivity index (χ3v) is 6.05. The van der Waals surface area contributed by atoms with Gasteiger partial charge >= 0.3 is 0 Å². The number of hydrogen-bond acceptors (Lipinski definition) is 7. The molecule has 29 heavy (non-hydrogen) atoms. The SMILES string of the molecule is Cn1c2ccccc2c2nnc(SCC(=O)Nc3ccc(S(N)(=O)=O)cc3)nc21. The number of aryl methyl sites for hydroxylation is 1. The summed E-state index contributed by atoms with van der Waals surface area (Å²) in [6.45, 7) is 0. The minimum absolute atomic E-state index is 0.0207. The Balaban J connectivity index is 1.46. The van der Waals surface area contributed by atoms with E-state index in [9.17, 15) is 13.2 Å². The van der Waals surface area contributed by atoms with Gasteiger partial charge in [-0.1, -0.05) is 30.0 Å². The van der Waals surface area contributed by atoms with Gasteiger partial charge in [0.15, 0.2) is 5.65 Å². The minimum atomic E-state index is -3.77. The number of hydrogen-bond donors (Lipinski definition) is 2. The summed E-state index contributed by atoms with van der Waals surface area (Å²) in [6, 6.07) is 13.5. The fourth-order valence-electron chi connectivity index (χ4n) is 2.91. The lowest BCUT2D eigenvalue weighted by Crippen LogP contribution is -2.15. The van der Waals surface area contributed by atoms with E-state index >= 15 is 0 Å². The summed E-state index contributed by atoms with van der Waals surface area (Å²) < 4.78 is 24.5. The van der Waals surface area contributed by atoms with E-state index in [0.717, 1.165) is 22.7 Å². The molecule has 0 fully saturated rings. The molecule has 0 bridgehead atoms. The third kappa shape index (κ3) is 3.92. The molecule has 0 saturated heterocycles. The highest BCUT2D eigenvalue weighted by Crippen LogP contribution is 2.26. The molecule has 1 amide bonds. The second-order valence-electron chi connectivity index (χ2n) is 6.25.